The summed E-state index contributed by atoms with van der Waals surface area (Å²) in [6.45, 7) is 6.86. The van der Waals surface area contributed by atoms with Crippen LogP contribution in [-0.4, -0.2) is 19.6 Å². The van der Waals surface area contributed by atoms with E-state index in [0.29, 0.717) is 0 Å². The number of benzene rings is 1. The van der Waals surface area contributed by atoms with Crippen LogP contribution in [0.1, 0.15) is 44.6 Å². The molecule has 1 aliphatic heterocycles. The lowest BCUT2D eigenvalue weighted by Crippen LogP contribution is -2.22. The number of nitrogens with one attached hydrogen (secondary N) is 1. The second-order valence-corrected chi connectivity index (χ2v) is 5.21. The van der Waals surface area contributed by atoms with Crippen LogP contribution in [0.2, 0.25) is 0 Å². The molecule has 1 heterocycles. The Labute approximate surface area is 111 Å². The highest BCUT2D eigenvalue weighted by Gasteiger charge is 2.14. The lowest BCUT2D eigenvalue weighted by molar-refractivity contribution is 0.616. The fourth-order valence-electron chi connectivity index (χ4n) is 2.65. The molecule has 0 radical (unpaired) electrons. The fourth-order valence-corrected chi connectivity index (χ4v) is 2.65. The molecule has 2 heteroatoms. The van der Waals surface area contributed by atoms with Gasteiger partial charge in [-0.15, -0.1) is 0 Å². The molecular weight excluding hydrogens is 220 g/mol. The molecule has 1 N–H and O–H groups in total. The smallest absolute Gasteiger partial charge is 0.0411 e. The third-order valence-corrected chi connectivity index (χ3v) is 3.71. The van der Waals surface area contributed by atoms with E-state index in [-0.39, 0.29) is 0 Å². The number of hydrogen-bond acceptors (Lipinski definition) is 2. The van der Waals surface area contributed by atoms with E-state index in [4.69, 9.17) is 0 Å². The van der Waals surface area contributed by atoms with Crippen LogP contribution in [0.5, 0.6) is 0 Å². The zero-order valence-corrected chi connectivity index (χ0v) is 11.6. The van der Waals surface area contributed by atoms with Crippen LogP contribution < -0.4 is 10.2 Å². The Morgan fingerprint density at radius 1 is 1.11 bits per heavy atom. The highest BCUT2D eigenvalue weighted by molar-refractivity contribution is 5.54. The number of hydrogen-bond donors (Lipinski definition) is 1. The summed E-state index contributed by atoms with van der Waals surface area (Å²) >= 11 is 0. The number of unbranched alkanes of at least 4 members (excludes halogenated alkanes) is 2. The molecule has 0 aliphatic carbocycles. The van der Waals surface area contributed by atoms with E-state index in [2.05, 4.69) is 41.4 Å². The topological polar surface area (TPSA) is 15.3 Å². The first kappa shape index (κ1) is 13.4. The van der Waals surface area contributed by atoms with E-state index in [0.717, 1.165) is 13.1 Å². The molecule has 18 heavy (non-hydrogen) atoms. The molecule has 0 bridgehead atoms. The van der Waals surface area contributed by atoms with Crippen LogP contribution in [0.3, 0.4) is 0 Å². The fraction of sp³-hybridized carbons (Fsp3) is 0.625. The zero-order valence-electron chi connectivity index (χ0n) is 11.6. The average Bonchev–Trinajstić information content (AvgIpc) is 2.93. The van der Waals surface area contributed by atoms with E-state index in [1.54, 1.807) is 0 Å². The maximum atomic E-state index is 3.57. The van der Waals surface area contributed by atoms with Crippen molar-refractivity contribution in [1.29, 1.82) is 0 Å². The van der Waals surface area contributed by atoms with Crippen molar-refractivity contribution in [2.24, 2.45) is 0 Å². The minimum absolute atomic E-state index is 1.01. The molecule has 0 unspecified atom stereocenters. The summed E-state index contributed by atoms with van der Waals surface area (Å²) in [4.78, 5) is 2.53. The summed E-state index contributed by atoms with van der Waals surface area (Å²) in [6, 6.07) is 8.85. The van der Waals surface area contributed by atoms with E-state index in [9.17, 15) is 0 Å². The summed E-state index contributed by atoms with van der Waals surface area (Å²) < 4.78 is 0. The van der Waals surface area contributed by atoms with Gasteiger partial charge in [0.15, 0.2) is 0 Å². The maximum absolute atomic E-state index is 3.57. The number of rotatable bonds is 7. The van der Waals surface area contributed by atoms with Crippen molar-refractivity contribution < 1.29 is 0 Å². The standard InChI is InChI=1S/C16H26N2/c1-2-3-6-11-17-14-15-9-4-5-10-16(15)18-12-7-8-13-18/h4-5,9-10,17H,2-3,6-8,11-14H2,1H3. The molecule has 1 aromatic rings. The van der Waals surface area contributed by atoms with Gasteiger partial charge in [0, 0.05) is 25.3 Å². The van der Waals surface area contributed by atoms with Gasteiger partial charge in [0.05, 0.1) is 0 Å². The van der Waals surface area contributed by atoms with Gasteiger partial charge in [-0.05, 0) is 37.4 Å². The van der Waals surface area contributed by atoms with Crippen molar-refractivity contribution in [3.8, 4) is 0 Å². The average molecular weight is 246 g/mol. The second kappa shape index (κ2) is 7.42. The molecule has 1 saturated heterocycles. The van der Waals surface area contributed by atoms with Crippen LogP contribution in [0.4, 0.5) is 5.69 Å². The lowest BCUT2D eigenvalue weighted by Gasteiger charge is -2.21. The maximum Gasteiger partial charge on any atom is 0.0411 e. The van der Waals surface area contributed by atoms with Crippen LogP contribution in [0.25, 0.3) is 0 Å². The quantitative estimate of drug-likeness (QED) is 0.740. The highest BCUT2D eigenvalue weighted by Crippen LogP contribution is 2.24. The lowest BCUT2D eigenvalue weighted by atomic mass is 10.1. The van der Waals surface area contributed by atoms with Gasteiger partial charge in [-0.3, -0.25) is 0 Å². The van der Waals surface area contributed by atoms with Gasteiger partial charge < -0.3 is 10.2 Å². The van der Waals surface area contributed by atoms with Crippen molar-refractivity contribution in [1.82, 2.24) is 5.32 Å². The third kappa shape index (κ3) is 3.74. The van der Waals surface area contributed by atoms with Gasteiger partial charge in [0.25, 0.3) is 0 Å². The summed E-state index contributed by atoms with van der Waals surface area (Å²) in [7, 11) is 0. The largest absolute Gasteiger partial charge is 0.371 e. The number of nitrogens with zero attached hydrogens (tertiary/aromatic N) is 1. The first-order chi connectivity index (χ1) is 8.92. The molecule has 100 valence electrons. The Kier molecular flexibility index (Phi) is 5.53. The van der Waals surface area contributed by atoms with Gasteiger partial charge in [-0.2, -0.15) is 0 Å². The minimum Gasteiger partial charge on any atom is -0.371 e. The predicted molar refractivity (Wildman–Crippen MR) is 79.1 cm³/mol. The summed E-state index contributed by atoms with van der Waals surface area (Å²) in [6.07, 6.45) is 6.62. The van der Waals surface area contributed by atoms with Gasteiger partial charge in [0.2, 0.25) is 0 Å². The van der Waals surface area contributed by atoms with Crippen molar-refractivity contribution in [2.75, 3.05) is 24.5 Å². The summed E-state index contributed by atoms with van der Waals surface area (Å²) in [5, 5.41) is 3.57. The van der Waals surface area contributed by atoms with Crippen LogP contribution in [0, 0.1) is 0 Å². The minimum atomic E-state index is 1.01. The second-order valence-electron chi connectivity index (χ2n) is 5.21. The molecule has 1 aromatic carbocycles. The van der Waals surface area contributed by atoms with E-state index >= 15 is 0 Å². The first-order valence-corrected chi connectivity index (χ1v) is 7.45. The SMILES string of the molecule is CCCCCNCc1ccccc1N1CCCC1. The van der Waals surface area contributed by atoms with Crippen LogP contribution in [0.15, 0.2) is 24.3 Å². The molecule has 2 rings (SSSR count). The van der Waals surface area contributed by atoms with Gasteiger partial charge in [-0.1, -0.05) is 38.0 Å². The van der Waals surface area contributed by atoms with E-state index in [1.807, 2.05) is 0 Å². The Balaban J connectivity index is 1.86. The molecule has 1 aliphatic rings. The Bertz CT molecular complexity index is 343. The molecular formula is C16H26N2. The first-order valence-electron chi connectivity index (χ1n) is 7.45. The molecule has 0 aromatic heterocycles. The Hall–Kier alpha value is -1.02. The predicted octanol–water partition coefficient (Wildman–Crippen LogP) is 3.57. The molecule has 0 atom stereocenters. The zero-order chi connectivity index (χ0) is 12.6. The Morgan fingerprint density at radius 2 is 1.89 bits per heavy atom. The summed E-state index contributed by atoms with van der Waals surface area (Å²) in [5.74, 6) is 0. The van der Waals surface area contributed by atoms with Gasteiger partial charge >= 0.3 is 0 Å². The monoisotopic (exact) mass is 246 g/mol. The van der Waals surface area contributed by atoms with Crippen molar-refractivity contribution in [3.05, 3.63) is 29.8 Å². The molecule has 0 amide bonds. The van der Waals surface area contributed by atoms with Gasteiger partial charge in [0.1, 0.15) is 0 Å². The van der Waals surface area contributed by atoms with Crippen molar-refractivity contribution >= 4 is 5.69 Å². The normalized spacial score (nSPS) is 15.3. The molecule has 2 nitrogen and oxygen atoms in total. The summed E-state index contributed by atoms with van der Waals surface area (Å²) in [5.41, 5.74) is 2.90. The van der Waals surface area contributed by atoms with Crippen LogP contribution >= 0.6 is 0 Å². The van der Waals surface area contributed by atoms with Gasteiger partial charge in [-0.25, -0.2) is 0 Å². The Morgan fingerprint density at radius 3 is 2.67 bits per heavy atom. The number of para-hydroxylation sites is 1. The van der Waals surface area contributed by atoms with Crippen molar-refractivity contribution in [2.45, 2.75) is 45.6 Å². The molecule has 0 saturated carbocycles. The highest BCUT2D eigenvalue weighted by atomic mass is 15.1. The molecule has 0 spiro atoms. The van der Waals surface area contributed by atoms with Crippen LogP contribution in [-0.2, 0) is 6.54 Å². The molecule has 1 fully saturated rings. The van der Waals surface area contributed by atoms with Crippen molar-refractivity contribution in [3.63, 3.8) is 0 Å². The number of anilines is 1. The third-order valence-electron chi connectivity index (χ3n) is 3.71. The van der Waals surface area contributed by atoms with E-state index < -0.39 is 0 Å². The van der Waals surface area contributed by atoms with E-state index in [1.165, 1.54) is 56.4 Å².